The minimum absolute atomic E-state index is 0.0456. The first kappa shape index (κ1) is 10.3. The Morgan fingerprint density at radius 1 is 1.54 bits per heavy atom. The van der Waals surface area contributed by atoms with Crippen LogP contribution in [0.3, 0.4) is 0 Å². The smallest absolute Gasteiger partial charge is 0.382 e. The Labute approximate surface area is 75.3 Å². The number of quaternary nitrogens is 1. The van der Waals surface area contributed by atoms with Crippen LogP contribution in [0.15, 0.2) is 0 Å². The van der Waals surface area contributed by atoms with Crippen LogP contribution in [0, 0.1) is 5.21 Å². The lowest BCUT2D eigenvalue weighted by molar-refractivity contribution is -0.787. The van der Waals surface area contributed by atoms with Crippen LogP contribution >= 0.6 is 0 Å². The monoisotopic (exact) mass is 188 g/mol. The van der Waals surface area contributed by atoms with Gasteiger partial charge >= 0.3 is 5.91 Å². The Kier molecular flexibility index (Phi) is 3.10. The fourth-order valence-corrected chi connectivity index (χ4v) is 1.21. The van der Waals surface area contributed by atoms with Crippen LogP contribution in [0.4, 0.5) is 0 Å². The van der Waals surface area contributed by atoms with Crippen molar-refractivity contribution in [3.63, 3.8) is 0 Å². The average molecular weight is 188 g/mol. The number of amides is 1. The number of hydrogen-bond donors (Lipinski definition) is 2. The standard InChI is InChI=1S/C7H12N2O4/c10-4-1-6(11)7(12)9(13)3-2-8-5-9/h8,10H,1-5H2. The van der Waals surface area contributed by atoms with Gasteiger partial charge in [-0.05, 0) is 0 Å². The van der Waals surface area contributed by atoms with Crippen molar-refractivity contribution < 1.29 is 19.3 Å². The molecule has 1 amide bonds. The molecule has 0 aromatic rings. The van der Waals surface area contributed by atoms with E-state index < -0.39 is 22.9 Å². The number of ketones is 1. The first-order chi connectivity index (χ1) is 6.10. The molecule has 1 saturated heterocycles. The molecular weight excluding hydrogens is 176 g/mol. The topological polar surface area (TPSA) is 89.5 Å². The third-order valence-corrected chi connectivity index (χ3v) is 1.96. The Hall–Kier alpha value is -0.820. The van der Waals surface area contributed by atoms with Gasteiger partial charge < -0.3 is 10.3 Å². The molecule has 1 rings (SSSR count). The zero-order chi connectivity index (χ0) is 9.90. The lowest BCUT2D eigenvalue weighted by atomic mass is 10.2. The van der Waals surface area contributed by atoms with Gasteiger partial charge in [-0.3, -0.25) is 14.8 Å². The van der Waals surface area contributed by atoms with Gasteiger partial charge in [0.1, 0.15) is 6.67 Å². The molecule has 2 N–H and O–H groups in total. The van der Waals surface area contributed by atoms with Crippen molar-refractivity contribution in [2.45, 2.75) is 6.42 Å². The molecule has 1 unspecified atom stereocenters. The highest BCUT2D eigenvalue weighted by atomic mass is 16.6. The third kappa shape index (κ3) is 2.10. The minimum atomic E-state index is -1.13. The number of carbonyl (C=O) groups is 2. The Morgan fingerprint density at radius 2 is 2.23 bits per heavy atom. The summed E-state index contributed by atoms with van der Waals surface area (Å²) in [6.45, 7) is 0.103. The van der Waals surface area contributed by atoms with Crippen LogP contribution in [-0.2, 0) is 9.59 Å². The second kappa shape index (κ2) is 3.93. The Balaban J connectivity index is 2.60. The molecule has 0 spiro atoms. The van der Waals surface area contributed by atoms with Crippen LogP contribution < -0.4 is 5.32 Å². The zero-order valence-corrected chi connectivity index (χ0v) is 7.15. The number of rotatable bonds is 3. The highest BCUT2D eigenvalue weighted by molar-refractivity contribution is 6.33. The first-order valence-electron chi connectivity index (χ1n) is 4.07. The maximum absolute atomic E-state index is 11.5. The van der Waals surface area contributed by atoms with Gasteiger partial charge in [-0.25, -0.2) is 4.79 Å². The summed E-state index contributed by atoms with van der Waals surface area (Å²) in [6.07, 6.45) is -0.263. The van der Waals surface area contributed by atoms with Crippen molar-refractivity contribution in [1.29, 1.82) is 0 Å². The first-order valence-corrected chi connectivity index (χ1v) is 4.07. The largest absolute Gasteiger partial charge is 0.624 e. The van der Waals surface area contributed by atoms with Gasteiger partial charge in [0.25, 0.3) is 5.78 Å². The van der Waals surface area contributed by atoms with Crippen molar-refractivity contribution in [3.05, 3.63) is 5.21 Å². The molecule has 6 heteroatoms. The van der Waals surface area contributed by atoms with Gasteiger partial charge in [0.2, 0.25) is 0 Å². The van der Waals surface area contributed by atoms with Crippen LogP contribution in [-0.4, -0.2) is 47.8 Å². The van der Waals surface area contributed by atoms with Crippen LogP contribution in [0.1, 0.15) is 6.42 Å². The lowest BCUT2D eigenvalue weighted by Gasteiger charge is -2.32. The number of aliphatic hydroxyl groups is 1. The van der Waals surface area contributed by atoms with Gasteiger partial charge in [-0.1, -0.05) is 0 Å². The van der Waals surface area contributed by atoms with E-state index in [0.29, 0.717) is 6.54 Å². The van der Waals surface area contributed by atoms with Crippen molar-refractivity contribution in [2.75, 3.05) is 26.4 Å². The van der Waals surface area contributed by atoms with E-state index in [1.165, 1.54) is 0 Å². The predicted octanol–water partition coefficient (Wildman–Crippen LogP) is -1.66. The number of Topliss-reactive ketones (excluding diaryl/α,β-unsaturated/α-hetero) is 1. The molecule has 74 valence electrons. The summed E-state index contributed by atoms with van der Waals surface area (Å²) in [6, 6.07) is 0. The van der Waals surface area contributed by atoms with Gasteiger partial charge in [0.15, 0.2) is 0 Å². The van der Waals surface area contributed by atoms with E-state index in [1.807, 2.05) is 0 Å². The Morgan fingerprint density at radius 3 is 2.69 bits per heavy atom. The summed E-state index contributed by atoms with van der Waals surface area (Å²) in [5, 5.41) is 22.7. The summed E-state index contributed by atoms with van der Waals surface area (Å²) >= 11 is 0. The number of aliphatic hydroxyl groups excluding tert-OH is 1. The predicted molar refractivity (Wildman–Crippen MR) is 43.1 cm³/mol. The molecule has 1 fully saturated rings. The van der Waals surface area contributed by atoms with Crippen LogP contribution in [0.5, 0.6) is 0 Å². The lowest BCUT2D eigenvalue weighted by Crippen LogP contribution is -2.50. The average Bonchev–Trinajstić information content (AvgIpc) is 2.52. The molecule has 1 heterocycles. The molecule has 0 saturated carbocycles. The maximum atomic E-state index is 11.5. The van der Waals surface area contributed by atoms with E-state index in [1.54, 1.807) is 0 Å². The summed E-state index contributed by atoms with van der Waals surface area (Å²) in [5.74, 6) is -1.75. The molecule has 1 aliphatic heterocycles. The van der Waals surface area contributed by atoms with Crippen LogP contribution in [0.2, 0.25) is 0 Å². The quantitative estimate of drug-likeness (QED) is 0.314. The number of nitrogens with one attached hydrogen (secondary N) is 1. The highest BCUT2D eigenvalue weighted by Gasteiger charge is 2.35. The van der Waals surface area contributed by atoms with Gasteiger partial charge in [0, 0.05) is 6.42 Å². The molecule has 0 bridgehead atoms. The number of nitrogens with zero attached hydrogens (tertiary/aromatic N) is 1. The Bertz CT molecular complexity index is 223. The SMILES string of the molecule is O=C(CCO)C(=O)[N+]1([O-])CCNC1. The minimum Gasteiger partial charge on any atom is -0.624 e. The number of hydroxylamine groups is 3. The molecule has 0 radical (unpaired) electrons. The molecule has 1 aliphatic rings. The second-order valence-corrected chi connectivity index (χ2v) is 2.97. The second-order valence-electron chi connectivity index (χ2n) is 2.97. The number of carbonyl (C=O) groups excluding carboxylic acids is 2. The number of hydrogen-bond acceptors (Lipinski definition) is 5. The molecule has 0 aromatic carbocycles. The van der Waals surface area contributed by atoms with Gasteiger partial charge in [-0.2, -0.15) is 0 Å². The normalized spacial score (nSPS) is 27.5. The van der Waals surface area contributed by atoms with Crippen molar-refractivity contribution in [1.82, 2.24) is 5.32 Å². The summed E-state index contributed by atoms with van der Waals surface area (Å²) < 4.78 is -1.13. The summed E-state index contributed by atoms with van der Waals surface area (Å²) in [5.41, 5.74) is 0. The van der Waals surface area contributed by atoms with Crippen LogP contribution in [0.25, 0.3) is 0 Å². The van der Waals surface area contributed by atoms with E-state index in [4.69, 9.17) is 5.11 Å². The van der Waals surface area contributed by atoms with E-state index >= 15 is 0 Å². The van der Waals surface area contributed by atoms with Gasteiger partial charge in [0.05, 0.1) is 19.7 Å². The van der Waals surface area contributed by atoms with E-state index in [9.17, 15) is 14.8 Å². The summed E-state index contributed by atoms with van der Waals surface area (Å²) in [4.78, 5) is 22.2. The molecule has 0 aliphatic carbocycles. The third-order valence-electron chi connectivity index (χ3n) is 1.96. The van der Waals surface area contributed by atoms with Crippen molar-refractivity contribution in [2.24, 2.45) is 0 Å². The zero-order valence-electron chi connectivity index (χ0n) is 7.15. The van der Waals surface area contributed by atoms with E-state index in [2.05, 4.69) is 5.32 Å². The van der Waals surface area contributed by atoms with Gasteiger partial charge in [-0.15, -0.1) is 0 Å². The van der Waals surface area contributed by atoms with Crippen molar-refractivity contribution in [3.8, 4) is 0 Å². The fraction of sp³-hybridized carbons (Fsp3) is 0.714. The highest BCUT2D eigenvalue weighted by Crippen LogP contribution is 2.09. The van der Waals surface area contributed by atoms with Crippen molar-refractivity contribution >= 4 is 11.7 Å². The molecular formula is C7H12N2O4. The fourth-order valence-electron chi connectivity index (χ4n) is 1.21. The maximum Gasteiger partial charge on any atom is 0.382 e. The van der Waals surface area contributed by atoms with E-state index in [-0.39, 0.29) is 19.6 Å². The molecule has 13 heavy (non-hydrogen) atoms. The molecule has 0 aromatic heterocycles. The summed E-state index contributed by atoms with van der Waals surface area (Å²) in [7, 11) is 0. The van der Waals surface area contributed by atoms with E-state index in [0.717, 1.165) is 0 Å². The molecule has 6 nitrogen and oxygen atoms in total. The molecule has 1 atom stereocenters.